The predicted octanol–water partition coefficient (Wildman–Crippen LogP) is 10.5. The molecule has 0 N–H and O–H groups in total. The van der Waals surface area contributed by atoms with Gasteiger partial charge in [-0.2, -0.15) is 0 Å². The molecule has 322 valence electrons. The topological polar surface area (TPSA) is 24.9 Å². The molecule has 2 heterocycles. The Kier molecular flexibility index (Phi) is 21.3. The van der Waals surface area contributed by atoms with E-state index in [1.54, 1.807) is 21.2 Å². The largest absolute Gasteiger partial charge is 2.00 e. The van der Waals surface area contributed by atoms with Gasteiger partial charge in [0.25, 0.3) is 0 Å². The summed E-state index contributed by atoms with van der Waals surface area (Å²) in [6.45, 7) is 9.25. The first kappa shape index (κ1) is 49.8. The summed E-state index contributed by atoms with van der Waals surface area (Å²) in [4.78, 5) is 5.55. The monoisotopic (exact) mass is 876 g/mol. The average Bonchev–Trinajstić information content (AvgIpc) is 4.09. The standard InChI is InChI=1S/2C25H34NOP.2CH3.Fe/c2*1-20(26-18-10-11-21(26)19-27-2)24-16-9-17-25(24)28(22-12-5-3-6-13-22)23-14-7-4-8-15-23;;;/h2*3-8,12-15,20-21,24-25H,9-11,16-19H2,1-2H3;2*1H3;/q;;2*-1;+2/t2*20-,21-,24?,25?;;;/m00.../s1. The maximum atomic E-state index is 5.54. The first-order chi connectivity index (χ1) is 27.6. The number of hydrogen-bond donors (Lipinski definition) is 0. The second kappa shape index (κ2) is 25.3. The molecule has 4 fully saturated rings. The molecule has 59 heavy (non-hydrogen) atoms. The van der Waals surface area contributed by atoms with Crippen LogP contribution < -0.4 is 21.2 Å². The molecule has 4 nitrogen and oxygen atoms in total. The van der Waals surface area contributed by atoms with Crippen molar-refractivity contribution in [2.24, 2.45) is 11.8 Å². The average molecular weight is 877 g/mol. The van der Waals surface area contributed by atoms with Crippen LogP contribution in [0, 0.1) is 26.7 Å². The van der Waals surface area contributed by atoms with E-state index in [9.17, 15) is 0 Å². The van der Waals surface area contributed by atoms with Crippen molar-refractivity contribution in [2.75, 3.05) is 40.5 Å². The maximum Gasteiger partial charge on any atom is 2.00 e. The van der Waals surface area contributed by atoms with Gasteiger partial charge >= 0.3 is 17.1 Å². The van der Waals surface area contributed by atoms with Crippen molar-refractivity contribution in [3.05, 3.63) is 136 Å². The summed E-state index contributed by atoms with van der Waals surface area (Å²) in [5.41, 5.74) is 1.55. The third-order valence-corrected chi connectivity index (χ3v) is 19.7. The van der Waals surface area contributed by atoms with Gasteiger partial charge in [-0.05, 0) is 139 Å². The van der Waals surface area contributed by atoms with E-state index in [1.165, 1.54) is 77.3 Å². The zero-order valence-corrected chi connectivity index (χ0v) is 39.9. The van der Waals surface area contributed by atoms with Gasteiger partial charge in [-0.1, -0.05) is 134 Å². The van der Waals surface area contributed by atoms with E-state index in [0.717, 1.165) is 36.4 Å². The Hall–Kier alpha value is -1.90. The predicted molar refractivity (Wildman–Crippen MR) is 255 cm³/mol. The smallest absolute Gasteiger partial charge is 0.383 e. The van der Waals surface area contributed by atoms with Gasteiger partial charge in [0.15, 0.2) is 0 Å². The van der Waals surface area contributed by atoms with Gasteiger partial charge < -0.3 is 24.3 Å². The number of methoxy groups -OCH3 is 2. The molecular weight excluding hydrogens is 802 g/mol. The van der Waals surface area contributed by atoms with Crippen molar-refractivity contribution >= 4 is 37.1 Å². The molecule has 2 aliphatic heterocycles. The summed E-state index contributed by atoms with van der Waals surface area (Å²) < 4.78 is 11.1. The van der Waals surface area contributed by atoms with Gasteiger partial charge in [0.05, 0.1) is 13.2 Å². The fourth-order valence-corrected chi connectivity index (χ4v) is 17.7. The summed E-state index contributed by atoms with van der Waals surface area (Å²) in [5, 5.41) is 6.18. The summed E-state index contributed by atoms with van der Waals surface area (Å²) in [6.07, 6.45) is 13.5. The fraction of sp³-hybridized carbons (Fsp3) is 0.500. The summed E-state index contributed by atoms with van der Waals surface area (Å²) in [6, 6.07) is 47.8. The quantitative estimate of drug-likeness (QED) is 0.0716. The number of hydrogen-bond acceptors (Lipinski definition) is 4. The molecule has 8 rings (SSSR count). The van der Waals surface area contributed by atoms with Gasteiger partial charge in [0, 0.05) is 38.4 Å². The van der Waals surface area contributed by atoms with Gasteiger partial charge in [-0.15, -0.1) is 0 Å². The van der Waals surface area contributed by atoms with Crippen LogP contribution in [-0.2, 0) is 26.5 Å². The molecule has 7 heteroatoms. The Morgan fingerprint density at radius 2 is 0.780 bits per heavy atom. The SMILES string of the molecule is COC[C@@H]1CCCN1[C@@H](C)C1CCCC1P(c1ccccc1)c1ccccc1.COC[C@@H]1CCCN1[C@@H](C)C1CCCC1P(c1ccccc1)c1ccccc1.[CH3-].[CH3-].[Fe+2]. The zero-order chi connectivity index (χ0) is 38.7. The van der Waals surface area contributed by atoms with Crippen LogP contribution in [0.25, 0.3) is 0 Å². The van der Waals surface area contributed by atoms with Crippen LogP contribution in [0.4, 0.5) is 0 Å². The fourth-order valence-electron chi connectivity index (χ4n) is 11.1. The van der Waals surface area contributed by atoms with Crippen LogP contribution in [0.15, 0.2) is 121 Å². The summed E-state index contributed by atoms with van der Waals surface area (Å²) >= 11 is 0. The van der Waals surface area contributed by atoms with Crippen molar-refractivity contribution in [1.82, 2.24) is 9.80 Å². The van der Waals surface area contributed by atoms with Crippen molar-refractivity contribution in [3.8, 4) is 0 Å². The molecule has 4 aromatic rings. The zero-order valence-electron chi connectivity index (χ0n) is 37.0. The summed E-state index contributed by atoms with van der Waals surface area (Å²) in [5.74, 6) is 1.56. The Morgan fingerprint density at radius 3 is 1.07 bits per heavy atom. The minimum absolute atomic E-state index is 0. The van der Waals surface area contributed by atoms with E-state index >= 15 is 0 Å². The van der Waals surface area contributed by atoms with Crippen molar-refractivity contribution in [2.45, 2.75) is 114 Å². The normalized spacial score (nSPS) is 25.4. The number of benzene rings is 4. The molecule has 8 atom stereocenters. The molecule has 2 saturated carbocycles. The van der Waals surface area contributed by atoms with E-state index in [4.69, 9.17) is 9.47 Å². The van der Waals surface area contributed by atoms with Gasteiger partial charge in [-0.25, -0.2) is 0 Å². The van der Waals surface area contributed by atoms with E-state index in [2.05, 4.69) is 145 Å². The van der Waals surface area contributed by atoms with Crippen molar-refractivity contribution < 1.29 is 26.5 Å². The van der Waals surface area contributed by atoms with Crippen LogP contribution in [0.3, 0.4) is 0 Å². The van der Waals surface area contributed by atoms with Gasteiger partial charge in [0.1, 0.15) is 0 Å². The van der Waals surface area contributed by atoms with E-state index in [1.807, 2.05) is 14.2 Å². The molecule has 0 aromatic heterocycles. The first-order valence-electron chi connectivity index (χ1n) is 21.9. The van der Waals surface area contributed by atoms with Crippen LogP contribution in [-0.4, -0.2) is 85.8 Å². The molecule has 2 aliphatic carbocycles. The minimum atomic E-state index is -0.318. The van der Waals surface area contributed by atoms with E-state index in [0.29, 0.717) is 24.2 Å². The van der Waals surface area contributed by atoms with E-state index in [-0.39, 0.29) is 47.8 Å². The summed E-state index contributed by atoms with van der Waals surface area (Å²) in [7, 11) is 3.07. The molecule has 2 saturated heterocycles. The molecule has 0 amide bonds. The molecule has 4 aromatic carbocycles. The Morgan fingerprint density at radius 1 is 0.475 bits per heavy atom. The van der Waals surface area contributed by atoms with Crippen LogP contribution in [0.2, 0.25) is 0 Å². The van der Waals surface area contributed by atoms with Crippen molar-refractivity contribution in [1.29, 1.82) is 0 Å². The van der Waals surface area contributed by atoms with Crippen LogP contribution in [0.5, 0.6) is 0 Å². The Labute approximate surface area is 373 Å². The molecule has 0 bridgehead atoms. The second-order valence-corrected chi connectivity index (χ2v) is 21.7. The molecular formula is C52H74FeN2O2P2. The van der Waals surface area contributed by atoms with Crippen LogP contribution >= 0.6 is 15.8 Å². The third kappa shape index (κ3) is 12.2. The Bertz CT molecular complexity index is 1500. The second-order valence-electron chi connectivity index (χ2n) is 16.9. The molecule has 4 aliphatic rings. The number of likely N-dealkylation sites (tertiary alicyclic amines) is 2. The molecule has 4 unspecified atom stereocenters. The number of nitrogens with zero attached hydrogens (tertiary/aromatic N) is 2. The Balaban J connectivity index is 0.000000248. The molecule has 0 radical (unpaired) electrons. The third-order valence-electron chi connectivity index (χ3n) is 13.7. The van der Waals surface area contributed by atoms with Gasteiger partial charge in [0.2, 0.25) is 0 Å². The van der Waals surface area contributed by atoms with E-state index < -0.39 is 0 Å². The van der Waals surface area contributed by atoms with Gasteiger partial charge in [-0.3, -0.25) is 9.80 Å². The first-order valence-corrected chi connectivity index (χ1v) is 24.7. The number of ether oxygens (including phenoxy) is 2. The molecule has 0 spiro atoms. The van der Waals surface area contributed by atoms with Crippen molar-refractivity contribution in [3.63, 3.8) is 0 Å². The minimum Gasteiger partial charge on any atom is -0.383 e. The van der Waals surface area contributed by atoms with Crippen LogP contribution in [0.1, 0.15) is 78.1 Å². The number of rotatable bonds is 14. The maximum absolute atomic E-state index is 5.54.